The van der Waals surface area contributed by atoms with Gasteiger partial charge in [0.25, 0.3) is 21.6 Å². The van der Waals surface area contributed by atoms with Crippen LogP contribution in [0, 0.1) is 10.1 Å². The molecular formula is C19H19N3O6S. The number of amides is 1. The third-order valence-electron chi connectivity index (χ3n) is 5.06. The van der Waals surface area contributed by atoms with Gasteiger partial charge >= 0.3 is 0 Å². The molecule has 1 amide bonds. The van der Waals surface area contributed by atoms with Crippen LogP contribution in [0.15, 0.2) is 47.4 Å². The molecule has 2 aliphatic rings. The highest BCUT2D eigenvalue weighted by atomic mass is 32.2. The first-order chi connectivity index (χ1) is 13.9. The Morgan fingerprint density at radius 1 is 1.24 bits per heavy atom. The number of hydrogen-bond donors (Lipinski definition) is 1. The average Bonchev–Trinajstić information content (AvgIpc) is 3.37. The number of benzene rings is 2. The van der Waals surface area contributed by atoms with Gasteiger partial charge in [0.05, 0.1) is 10.6 Å². The first-order valence-electron chi connectivity index (χ1n) is 9.19. The fourth-order valence-corrected chi connectivity index (χ4v) is 4.89. The molecule has 2 aliphatic heterocycles. The fourth-order valence-electron chi connectivity index (χ4n) is 3.66. The quantitative estimate of drug-likeness (QED) is 0.590. The first-order valence-corrected chi connectivity index (χ1v) is 10.7. The summed E-state index contributed by atoms with van der Waals surface area (Å²) in [5.74, 6) is -0.125. The van der Waals surface area contributed by atoms with Crippen molar-refractivity contribution in [3.8, 4) is 0 Å². The van der Waals surface area contributed by atoms with E-state index >= 15 is 0 Å². The van der Waals surface area contributed by atoms with E-state index in [1.165, 1.54) is 18.2 Å². The van der Waals surface area contributed by atoms with E-state index in [9.17, 15) is 23.3 Å². The molecule has 152 valence electrons. The number of para-hydroxylation sites is 1. The zero-order valence-corrected chi connectivity index (χ0v) is 16.2. The van der Waals surface area contributed by atoms with Crippen LogP contribution in [0.5, 0.6) is 0 Å². The number of anilines is 2. The van der Waals surface area contributed by atoms with Gasteiger partial charge in [0.15, 0.2) is 4.90 Å². The minimum atomic E-state index is -4.18. The first kappa shape index (κ1) is 19.3. The number of nitrogens with one attached hydrogen (secondary N) is 1. The molecule has 1 atom stereocenters. The van der Waals surface area contributed by atoms with Crippen molar-refractivity contribution in [1.29, 1.82) is 0 Å². The molecule has 10 heteroatoms. The minimum Gasteiger partial charge on any atom is -0.368 e. The van der Waals surface area contributed by atoms with Crippen LogP contribution in [-0.4, -0.2) is 38.5 Å². The van der Waals surface area contributed by atoms with Gasteiger partial charge in [-0.25, -0.2) is 8.42 Å². The van der Waals surface area contributed by atoms with Crippen LogP contribution in [0.4, 0.5) is 17.1 Å². The van der Waals surface area contributed by atoms with Crippen LogP contribution >= 0.6 is 0 Å². The topological polar surface area (TPSA) is 119 Å². The number of nitro benzene ring substituents is 1. The monoisotopic (exact) mass is 417 g/mol. The zero-order chi connectivity index (χ0) is 20.6. The molecule has 2 aromatic rings. The molecule has 9 nitrogen and oxygen atoms in total. The Morgan fingerprint density at radius 2 is 2.03 bits per heavy atom. The highest BCUT2D eigenvalue weighted by molar-refractivity contribution is 7.92. The van der Waals surface area contributed by atoms with Gasteiger partial charge < -0.3 is 9.64 Å². The Kier molecular flexibility index (Phi) is 4.97. The Labute approximate surface area is 167 Å². The van der Waals surface area contributed by atoms with Crippen LogP contribution in [0.1, 0.15) is 18.4 Å². The Balaban J connectivity index is 1.62. The molecule has 1 saturated heterocycles. The summed E-state index contributed by atoms with van der Waals surface area (Å²) in [6, 6.07) is 10.1. The van der Waals surface area contributed by atoms with E-state index in [4.69, 9.17) is 4.74 Å². The van der Waals surface area contributed by atoms with Crippen molar-refractivity contribution in [2.45, 2.75) is 30.3 Å². The summed E-state index contributed by atoms with van der Waals surface area (Å²) in [4.78, 5) is 24.4. The summed E-state index contributed by atoms with van der Waals surface area (Å²) in [5.41, 5.74) is 1.29. The number of nitrogens with zero attached hydrogens (tertiary/aromatic N) is 2. The SMILES string of the molecule is O=C(C1CCCO1)N1CCc2ccc(NS(=O)(=O)c3ccccc3[N+](=O)[O-])cc21. The predicted octanol–water partition coefficient (Wildman–Crippen LogP) is 2.46. The third kappa shape index (κ3) is 3.68. The molecule has 2 heterocycles. The second-order valence-corrected chi connectivity index (χ2v) is 8.57. The van der Waals surface area contributed by atoms with E-state index in [0.29, 0.717) is 31.7 Å². The van der Waals surface area contributed by atoms with E-state index in [1.807, 2.05) is 0 Å². The lowest BCUT2D eigenvalue weighted by Crippen LogP contribution is -2.37. The molecule has 1 N–H and O–H groups in total. The standard InChI is InChI=1S/C19H19N3O6S/c23-19(17-5-3-11-28-17)21-10-9-13-7-8-14(12-16(13)21)20-29(26,27)18-6-2-1-4-15(18)22(24)25/h1-2,4,6-8,12,17,20H,3,5,9-11H2. The van der Waals surface area contributed by atoms with Crippen molar-refractivity contribution >= 4 is 33.0 Å². The van der Waals surface area contributed by atoms with E-state index < -0.39 is 31.6 Å². The van der Waals surface area contributed by atoms with Crippen LogP contribution in [0.2, 0.25) is 0 Å². The largest absolute Gasteiger partial charge is 0.368 e. The van der Waals surface area contributed by atoms with Gasteiger partial charge in [-0.2, -0.15) is 0 Å². The Bertz CT molecular complexity index is 1080. The van der Waals surface area contributed by atoms with Crippen molar-refractivity contribution in [2.75, 3.05) is 22.8 Å². The number of rotatable bonds is 5. The van der Waals surface area contributed by atoms with E-state index in [0.717, 1.165) is 18.1 Å². The summed E-state index contributed by atoms with van der Waals surface area (Å²) in [5, 5.41) is 11.2. The van der Waals surface area contributed by atoms with E-state index in [-0.39, 0.29) is 11.6 Å². The molecule has 1 fully saturated rings. The lowest BCUT2D eigenvalue weighted by atomic mass is 10.1. The number of hydrogen-bond acceptors (Lipinski definition) is 6. The summed E-state index contributed by atoms with van der Waals surface area (Å²) >= 11 is 0. The minimum absolute atomic E-state index is 0.125. The summed E-state index contributed by atoms with van der Waals surface area (Å²) in [7, 11) is -4.18. The second-order valence-electron chi connectivity index (χ2n) is 6.92. The average molecular weight is 417 g/mol. The van der Waals surface area contributed by atoms with Gasteiger partial charge in [-0.05, 0) is 43.0 Å². The molecule has 0 aliphatic carbocycles. The lowest BCUT2D eigenvalue weighted by Gasteiger charge is -2.21. The highest BCUT2D eigenvalue weighted by Crippen LogP contribution is 2.34. The van der Waals surface area contributed by atoms with Crippen LogP contribution < -0.4 is 9.62 Å². The predicted molar refractivity (Wildman–Crippen MR) is 105 cm³/mol. The van der Waals surface area contributed by atoms with Gasteiger partial charge in [0.1, 0.15) is 6.10 Å². The summed E-state index contributed by atoms with van der Waals surface area (Å²) in [6.45, 7) is 1.07. The zero-order valence-electron chi connectivity index (χ0n) is 15.4. The lowest BCUT2D eigenvalue weighted by molar-refractivity contribution is -0.387. The number of sulfonamides is 1. The molecular weight excluding hydrogens is 398 g/mol. The number of carbonyl (C=O) groups is 1. The molecule has 0 bridgehead atoms. The molecule has 2 aromatic carbocycles. The maximum atomic E-state index is 12.7. The van der Waals surface area contributed by atoms with Crippen molar-refractivity contribution in [1.82, 2.24) is 0 Å². The summed E-state index contributed by atoms with van der Waals surface area (Å²) in [6.07, 6.45) is 1.72. The highest BCUT2D eigenvalue weighted by Gasteiger charge is 2.33. The van der Waals surface area contributed by atoms with Gasteiger partial charge in [-0.3, -0.25) is 19.6 Å². The third-order valence-corrected chi connectivity index (χ3v) is 6.48. The van der Waals surface area contributed by atoms with Crippen LogP contribution in [0.3, 0.4) is 0 Å². The molecule has 4 rings (SSSR count). The smallest absolute Gasteiger partial charge is 0.289 e. The number of nitro groups is 1. The summed E-state index contributed by atoms with van der Waals surface area (Å²) < 4.78 is 33.3. The molecule has 0 radical (unpaired) electrons. The molecule has 29 heavy (non-hydrogen) atoms. The normalized spacial score (nSPS) is 18.5. The van der Waals surface area contributed by atoms with Crippen molar-refractivity contribution in [3.05, 3.63) is 58.1 Å². The van der Waals surface area contributed by atoms with Gasteiger partial charge in [0.2, 0.25) is 0 Å². The van der Waals surface area contributed by atoms with Crippen molar-refractivity contribution in [2.24, 2.45) is 0 Å². The fraction of sp³-hybridized carbons (Fsp3) is 0.316. The second kappa shape index (κ2) is 7.45. The van der Waals surface area contributed by atoms with E-state index in [2.05, 4.69) is 4.72 Å². The van der Waals surface area contributed by atoms with E-state index in [1.54, 1.807) is 23.1 Å². The maximum Gasteiger partial charge on any atom is 0.289 e. The number of ether oxygens (including phenoxy) is 1. The van der Waals surface area contributed by atoms with Crippen LogP contribution in [0.25, 0.3) is 0 Å². The molecule has 0 saturated carbocycles. The molecule has 1 unspecified atom stereocenters. The maximum absolute atomic E-state index is 12.7. The van der Waals surface area contributed by atoms with Crippen molar-refractivity contribution < 1.29 is 22.9 Å². The molecule has 0 spiro atoms. The van der Waals surface area contributed by atoms with Gasteiger partial charge in [0, 0.05) is 24.9 Å². The van der Waals surface area contributed by atoms with Crippen LogP contribution in [-0.2, 0) is 26.0 Å². The number of carbonyl (C=O) groups excluding carboxylic acids is 1. The van der Waals surface area contributed by atoms with Gasteiger partial charge in [-0.1, -0.05) is 18.2 Å². The van der Waals surface area contributed by atoms with Crippen molar-refractivity contribution in [3.63, 3.8) is 0 Å². The van der Waals surface area contributed by atoms with Gasteiger partial charge in [-0.15, -0.1) is 0 Å². The molecule has 0 aromatic heterocycles. The Hall–Kier alpha value is -2.98. The number of fused-ring (bicyclic) bond motifs is 1. The Morgan fingerprint density at radius 3 is 2.76 bits per heavy atom.